The van der Waals surface area contributed by atoms with E-state index in [1.165, 1.54) is 6.33 Å². The molecule has 2 aromatic heterocycles. The average molecular weight is 548 g/mol. The van der Waals surface area contributed by atoms with E-state index in [0.29, 0.717) is 35.0 Å². The fourth-order valence-corrected chi connectivity index (χ4v) is 4.29. The number of anilines is 3. The van der Waals surface area contributed by atoms with Gasteiger partial charge in [-0.1, -0.05) is 13.0 Å². The van der Waals surface area contributed by atoms with Crippen molar-refractivity contribution in [3.8, 4) is 5.75 Å². The molecular weight excluding hydrogens is 508 g/mol. The number of ether oxygens (including phenoxy) is 1. The van der Waals surface area contributed by atoms with Crippen LogP contribution in [0.25, 0.3) is 10.9 Å². The van der Waals surface area contributed by atoms with Gasteiger partial charge < -0.3 is 25.4 Å². The van der Waals surface area contributed by atoms with Crippen molar-refractivity contribution in [3.63, 3.8) is 0 Å². The maximum atomic E-state index is 12.7. The summed E-state index contributed by atoms with van der Waals surface area (Å²) in [6.07, 6.45) is 2.52. The van der Waals surface area contributed by atoms with Crippen LogP contribution >= 0.6 is 0 Å². The lowest BCUT2D eigenvalue weighted by molar-refractivity contribution is -0.115. The molecule has 0 radical (unpaired) electrons. The number of nitrogens with zero attached hydrogens (tertiary/aromatic N) is 5. The number of hydrogen-bond donors (Lipinski definition) is 4. The van der Waals surface area contributed by atoms with Gasteiger partial charge in [-0.3, -0.25) is 14.4 Å². The van der Waals surface area contributed by atoms with Crippen LogP contribution in [0.3, 0.4) is 0 Å². The number of aliphatic hydroxyl groups excluding tert-OH is 1. The van der Waals surface area contributed by atoms with Gasteiger partial charge in [0.2, 0.25) is 5.91 Å². The molecule has 40 heavy (non-hydrogen) atoms. The molecule has 212 valence electrons. The molecule has 0 saturated carbocycles. The number of H-pyrrole nitrogens is 1. The Hall–Kier alpha value is -4.06. The molecule has 0 atom stereocenters. The number of aromatic amines is 1. The molecule has 0 aliphatic heterocycles. The number of aliphatic hydroxyl groups is 1. The molecule has 0 aliphatic rings. The summed E-state index contributed by atoms with van der Waals surface area (Å²) in [5.74, 6) is 1.77. The molecule has 0 saturated heterocycles. The van der Waals surface area contributed by atoms with Gasteiger partial charge >= 0.3 is 0 Å². The Morgan fingerprint density at radius 2 is 1.95 bits per heavy atom. The van der Waals surface area contributed by atoms with Gasteiger partial charge in [0.05, 0.1) is 46.3 Å². The molecule has 2 aromatic carbocycles. The first kappa shape index (κ1) is 28.9. The van der Waals surface area contributed by atoms with E-state index >= 15 is 0 Å². The Morgan fingerprint density at radius 3 is 2.73 bits per heavy atom. The summed E-state index contributed by atoms with van der Waals surface area (Å²) in [5.41, 5.74) is 3.28. The second-order valence-electron chi connectivity index (χ2n) is 10.5. The van der Waals surface area contributed by atoms with Gasteiger partial charge in [0.1, 0.15) is 23.6 Å². The monoisotopic (exact) mass is 547 g/mol. The molecule has 0 aliphatic carbocycles. The van der Waals surface area contributed by atoms with E-state index in [2.05, 4.69) is 63.8 Å². The molecule has 0 fully saturated rings. The zero-order valence-corrected chi connectivity index (χ0v) is 23.6. The van der Waals surface area contributed by atoms with E-state index in [4.69, 9.17) is 9.84 Å². The quantitative estimate of drug-likeness (QED) is 0.139. The van der Waals surface area contributed by atoms with Crippen molar-refractivity contribution in [2.75, 3.05) is 64.6 Å². The van der Waals surface area contributed by atoms with Gasteiger partial charge in [-0.05, 0) is 37.2 Å². The molecule has 0 bridgehead atoms. The number of benzene rings is 2. The lowest BCUT2D eigenvalue weighted by atomic mass is 10.2. The Labute approximate surface area is 234 Å². The summed E-state index contributed by atoms with van der Waals surface area (Å²) < 4.78 is 6.59. The van der Waals surface area contributed by atoms with Gasteiger partial charge in [-0.25, -0.2) is 9.97 Å². The number of aromatic nitrogens is 4. The van der Waals surface area contributed by atoms with Crippen LogP contribution in [0.5, 0.6) is 5.75 Å². The van der Waals surface area contributed by atoms with E-state index in [0.717, 1.165) is 47.5 Å². The number of likely N-dealkylation sites (N-methyl/N-ethyl adjacent to an activating group) is 1. The highest BCUT2D eigenvalue weighted by molar-refractivity contribution is 5.93. The fraction of sp³-hybridized carbons (Fsp3) is 0.379. The summed E-state index contributed by atoms with van der Waals surface area (Å²) in [6, 6.07) is 15.3. The number of carbonyl (C=O) groups is 1. The first-order valence-electron chi connectivity index (χ1n) is 13.5. The Bertz CT molecular complexity index is 1420. The summed E-state index contributed by atoms with van der Waals surface area (Å²) >= 11 is 0. The highest BCUT2D eigenvalue weighted by Gasteiger charge is 2.14. The van der Waals surface area contributed by atoms with Gasteiger partial charge in [0.25, 0.3) is 0 Å². The molecule has 4 aromatic rings. The third-order valence-corrected chi connectivity index (χ3v) is 6.49. The molecular formula is C29H39N8O3+. The second kappa shape index (κ2) is 13.3. The molecule has 4 N–H and O–H groups in total. The lowest BCUT2D eigenvalue weighted by Gasteiger charge is -2.23. The number of quaternary nitrogens is 1. The Morgan fingerprint density at radius 1 is 1.10 bits per heavy atom. The highest BCUT2D eigenvalue weighted by atomic mass is 16.5. The minimum atomic E-state index is -0.135. The predicted octanol–water partition coefficient (Wildman–Crippen LogP) is 3.56. The number of carbonyl (C=O) groups excluding carboxylic acids is 1. The third-order valence-electron chi connectivity index (χ3n) is 6.49. The summed E-state index contributed by atoms with van der Waals surface area (Å²) in [6.45, 7) is 5.28. The highest BCUT2D eigenvalue weighted by Crippen LogP contribution is 2.26. The standard InChI is InChI=1S/C29H38N8O3/c1-5-36(13-14-38)12-7-15-40-24-10-11-25-26(19-24)30-20-31-29(25)33-27-17-22(34-35-27)18-28(39)32-21-8-6-9-23(16-21)37(2,3)4/h6,8-11,16-17,19-20,38H,5,7,12-15,18H2,1-4H3,(H2-,30,31,32,33,34,35,39)/p+1. The van der Waals surface area contributed by atoms with Crippen LogP contribution in [-0.2, 0) is 11.2 Å². The molecule has 0 unspecified atom stereocenters. The summed E-state index contributed by atoms with van der Waals surface area (Å²) in [5, 5.41) is 23.4. The van der Waals surface area contributed by atoms with E-state index in [1.54, 1.807) is 6.07 Å². The van der Waals surface area contributed by atoms with Crippen LogP contribution < -0.4 is 19.9 Å². The normalized spacial score (nSPS) is 11.7. The minimum Gasteiger partial charge on any atom is -0.493 e. The zero-order valence-electron chi connectivity index (χ0n) is 23.6. The van der Waals surface area contributed by atoms with Crippen molar-refractivity contribution in [1.29, 1.82) is 0 Å². The predicted molar refractivity (Wildman–Crippen MR) is 159 cm³/mol. The van der Waals surface area contributed by atoms with Crippen LogP contribution in [0.2, 0.25) is 0 Å². The summed E-state index contributed by atoms with van der Waals surface area (Å²) in [4.78, 5) is 23.6. The van der Waals surface area contributed by atoms with Gasteiger partial charge in [-0.15, -0.1) is 0 Å². The summed E-state index contributed by atoms with van der Waals surface area (Å²) in [7, 11) is 6.24. The maximum Gasteiger partial charge on any atom is 0.230 e. The van der Waals surface area contributed by atoms with Crippen LogP contribution in [-0.4, -0.2) is 90.1 Å². The minimum absolute atomic E-state index is 0.135. The first-order valence-corrected chi connectivity index (χ1v) is 13.5. The average Bonchev–Trinajstić information content (AvgIpc) is 3.36. The van der Waals surface area contributed by atoms with Gasteiger partial charge in [0.15, 0.2) is 5.82 Å². The van der Waals surface area contributed by atoms with E-state index in [1.807, 2.05) is 42.5 Å². The molecule has 4 rings (SSSR count). The molecule has 0 spiro atoms. The Kier molecular flexibility index (Phi) is 9.65. The number of nitrogens with one attached hydrogen (secondary N) is 3. The van der Waals surface area contributed by atoms with Crippen LogP contribution in [0, 0.1) is 0 Å². The van der Waals surface area contributed by atoms with Crippen molar-refractivity contribution in [3.05, 3.63) is 60.6 Å². The fourth-order valence-electron chi connectivity index (χ4n) is 4.29. The van der Waals surface area contributed by atoms with E-state index in [9.17, 15) is 4.79 Å². The smallest absolute Gasteiger partial charge is 0.230 e. The van der Waals surface area contributed by atoms with Crippen molar-refractivity contribution in [1.82, 2.24) is 29.5 Å². The van der Waals surface area contributed by atoms with Crippen LogP contribution in [0.1, 0.15) is 19.0 Å². The van der Waals surface area contributed by atoms with Gasteiger partial charge in [0, 0.05) is 48.1 Å². The molecule has 1 amide bonds. The maximum absolute atomic E-state index is 12.7. The van der Waals surface area contributed by atoms with Crippen molar-refractivity contribution in [2.45, 2.75) is 19.8 Å². The molecule has 11 nitrogen and oxygen atoms in total. The van der Waals surface area contributed by atoms with Crippen LogP contribution in [0.15, 0.2) is 54.9 Å². The molecule has 11 heteroatoms. The van der Waals surface area contributed by atoms with Crippen molar-refractivity contribution in [2.24, 2.45) is 0 Å². The first-order chi connectivity index (χ1) is 19.2. The van der Waals surface area contributed by atoms with Crippen LogP contribution in [0.4, 0.5) is 23.0 Å². The third kappa shape index (κ3) is 7.98. The topological polar surface area (TPSA) is 128 Å². The SMILES string of the molecule is CCN(CCO)CCCOc1ccc2c(Nc3cc(CC(=O)Nc4cccc([N+](C)(C)C)c4)[nH]n3)ncnc2c1. The molecule has 2 heterocycles. The van der Waals surface area contributed by atoms with Crippen molar-refractivity contribution < 1.29 is 14.6 Å². The van der Waals surface area contributed by atoms with Gasteiger partial charge in [-0.2, -0.15) is 5.10 Å². The van der Waals surface area contributed by atoms with Crippen molar-refractivity contribution >= 4 is 39.8 Å². The van der Waals surface area contributed by atoms with E-state index < -0.39 is 0 Å². The number of amides is 1. The van der Waals surface area contributed by atoms with E-state index in [-0.39, 0.29) is 18.9 Å². The zero-order chi connectivity index (χ0) is 28.5. The number of fused-ring (bicyclic) bond motifs is 1. The Balaban J connectivity index is 1.34. The second-order valence-corrected chi connectivity index (χ2v) is 10.5. The number of rotatable bonds is 14. The lowest BCUT2D eigenvalue weighted by Crippen LogP contribution is -2.34. The largest absolute Gasteiger partial charge is 0.493 e. The number of hydrogen-bond acceptors (Lipinski definition) is 8.